The number of hydrogen-bond donors (Lipinski definition) is 6. The van der Waals surface area contributed by atoms with Crippen molar-refractivity contribution >= 4 is 11.9 Å². The van der Waals surface area contributed by atoms with Gasteiger partial charge in [-0.2, -0.15) is 0 Å². The lowest BCUT2D eigenvalue weighted by molar-refractivity contribution is -0.305. The number of allylic oxidation sites excluding steroid dienone is 5. The largest absolute Gasteiger partial charge is 0.454 e. The van der Waals surface area contributed by atoms with Gasteiger partial charge in [-0.15, -0.1) is 0 Å². The Morgan fingerprint density at radius 3 is 1.28 bits per heavy atom. The van der Waals surface area contributed by atoms with E-state index in [4.69, 9.17) is 14.2 Å². The molecule has 0 saturated carbocycles. The zero-order valence-electron chi connectivity index (χ0n) is 49.4. The highest BCUT2D eigenvalue weighted by Gasteiger charge is 2.47. The zero-order chi connectivity index (χ0) is 55.4. The molecule has 1 aliphatic rings. The van der Waals surface area contributed by atoms with Gasteiger partial charge in [0, 0.05) is 6.42 Å². The van der Waals surface area contributed by atoms with E-state index in [-0.39, 0.29) is 13.0 Å². The summed E-state index contributed by atoms with van der Waals surface area (Å²) in [7, 11) is 0. The van der Waals surface area contributed by atoms with E-state index >= 15 is 0 Å². The number of carbonyl (C=O) groups is 2. The fraction of sp³-hybridized carbons (Fsp3) is 0.877. The molecular formula is C65H121NO10. The average molecular weight is 1080 g/mol. The molecule has 0 aromatic heterocycles. The van der Waals surface area contributed by atoms with E-state index in [1.807, 2.05) is 6.08 Å². The number of amides is 1. The number of aliphatic hydroxyl groups excluding tert-OH is 5. The molecule has 6 N–H and O–H groups in total. The zero-order valence-corrected chi connectivity index (χ0v) is 49.4. The van der Waals surface area contributed by atoms with Crippen molar-refractivity contribution < 1.29 is 49.3 Å². The van der Waals surface area contributed by atoms with Crippen LogP contribution >= 0.6 is 0 Å². The molecule has 1 heterocycles. The van der Waals surface area contributed by atoms with E-state index in [2.05, 4.69) is 50.4 Å². The Hall–Kier alpha value is -2.12. The van der Waals surface area contributed by atoms with Crippen molar-refractivity contribution in [3.05, 3.63) is 36.5 Å². The van der Waals surface area contributed by atoms with Gasteiger partial charge in [0.05, 0.1) is 25.4 Å². The first-order valence-electron chi connectivity index (χ1n) is 32.3. The molecule has 1 aliphatic heterocycles. The maximum absolute atomic E-state index is 13.4. The first-order valence-corrected chi connectivity index (χ1v) is 32.3. The monoisotopic (exact) mass is 1080 g/mol. The summed E-state index contributed by atoms with van der Waals surface area (Å²) in [5, 5.41) is 57.0. The van der Waals surface area contributed by atoms with Gasteiger partial charge in [-0.1, -0.05) is 256 Å². The van der Waals surface area contributed by atoms with E-state index in [9.17, 15) is 35.1 Å². The summed E-state index contributed by atoms with van der Waals surface area (Å²) in [6.07, 6.45) is 53.3. The van der Waals surface area contributed by atoms with Gasteiger partial charge in [0.1, 0.15) is 24.4 Å². The van der Waals surface area contributed by atoms with Crippen LogP contribution in [-0.2, 0) is 23.8 Å². The van der Waals surface area contributed by atoms with E-state index in [0.29, 0.717) is 19.3 Å². The van der Waals surface area contributed by atoms with Crippen LogP contribution in [0.25, 0.3) is 0 Å². The minimum absolute atomic E-state index is 0.105. The van der Waals surface area contributed by atoms with Gasteiger partial charge >= 0.3 is 5.97 Å². The van der Waals surface area contributed by atoms with E-state index in [1.165, 1.54) is 193 Å². The third kappa shape index (κ3) is 41.0. The molecule has 0 aromatic rings. The van der Waals surface area contributed by atoms with Crippen LogP contribution < -0.4 is 5.32 Å². The predicted octanol–water partition coefficient (Wildman–Crippen LogP) is 15.5. The molecule has 0 aromatic carbocycles. The van der Waals surface area contributed by atoms with Crippen molar-refractivity contribution in [3.8, 4) is 0 Å². The van der Waals surface area contributed by atoms with Crippen molar-refractivity contribution in [1.82, 2.24) is 5.32 Å². The summed E-state index contributed by atoms with van der Waals surface area (Å²) >= 11 is 0. The van der Waals surface area contributed by atoms with Gasteiger partial charge in [-0.05, 0) is 77.0 Å². The lowest BCUT2D eigenvalue weighted by atomic mass is 9.99. The van der Waals surface area contributed by atoms with Crippen LogP contribution in [0.2, 0.25) is 0 Å². The number of hydrogen-bond acceptors (Lipinski definition) is 10. The molecule has 1 fully saturated rings. The summed E-state index contributed by atoms with van der Waals surface area (Å²) in [6, 6.07) is -1.02. The van der Waals surface area contributed by atoms with Crippen LogP contribution in [0.5, 0.6) is 0 Å². The van der Waals surface area contributed by atoms with E-state index in [0.717, 1.165) is 64.2 Å². The molecule has 0 bridgehead atoms. The van der Waals surface area contributed by atoms with Crippen LogP contribution in [0, 0.1) is 0 Å². The summed E-state index contributed by atoms with van der Waals surface area (Å²) in [5.41, 5.74) is 0. The number of esters is 1. The van der Waals surface area contributed by atoms with Crippen molar-refractivity contribution in [2.24, 2.45) is 0 Å². The Morgan fingerprint density at radius 2 is 0.868 bits per heavy atom. The third-order valence-corrected chi connectivity index (χ3v) is 15.3. The number of ether oxygens (including phenoxy) is 3. The van der Waals surface area contributed by atoms with Crippen molar-refractivity contribution in [2.75, 3.05) is 13.2 Å². The molecule has 1 rings (SSSR count). The normalized spacial score (nSPS) is 19.3. The molecule has 1 saturated heterocycles. The van der Waals surface area contributed by atoms with Crippen molar-refractivity contribution in [2.45, 2.75) is 352 Å². The second-order valence-corrected chi connectivity index (χ2v) is 22.5. The molecular weight excluding hydrogens is 955 g/mol. The van der Waals surface area contributed by atoms with E-state index in [1.54, 1.807) is 6.08 Å². The Morgan fingerprint density at radius 1 is 0.500 bits per heavy atom. The van der Waals surface area contributed by atoms with Crippen LogP contribution in [0.3, 0.4) is 0 Å². The fourth-order valence-corrected chi connectivity index (χ4v) is 10.1. The number of aliphatic hydroxyl groups is 5. The second kappa shape index (κ2) is 53.5. The maximum atomic E-state index is 13.4. The molecule has 0 aliphatic carbocycles. The predicted molar refractivity (Wildman–Crippen MR) is 315 cm³/mol. The van der Waals surface area contributed by atoms with Gasteiger partial charge < -0.3 is 45.1 Å². The van der Waals surface area contributed by atoms with Crippen LogP contribution in [-0.4, -0.2) is 99.6 Å². The van der Waals surface area contributed by atoms with Gasteiger partial charge in [-0.3, -0.25) is 9.59 Å². The SMILES string of the molecule is CCCCCCCC/C=C\CCCCCC(=O)OC1C(OCC(NC(=O)C(O)CCCCCCCCCCCCCC/C=C/CCCCCCCC)C(O)/C=C/CCCCCCCCCCCC)OC(CO)C(O)C1O. The maximum Gasteiger partial charge on any atom is 0.306 e. The molecule has 76 heavy (non-hydrogen) atoms. The Labute approximate surface area is 466 Å². The quantitative estimate of drug-likeness (QED) is 0.0195. The number of carbonyl (C=O) groups excluding carboxylic acids is 2. The average Bonchev–Trinajstić information content (AvgIpc) is 3.42. The molecule has 8 unspecified atom stereocenters. The first-order chi connectivity index (χ1) is 37.2. The van der Waals surface area contributed by atoms with E-state index < -0.39 is 67.4 Å². The fourth-order valence-electron chi connectivity index (χ4n) is 10.1. The molecule has 1 amide bonds. The summed E-state index contributed by atoms with van der Waals surface area (Å²) in [5.74, 6) is -1.20. The van der Waals surface area contributed by atoms with Crippen LogP contribution in [0.15, 0.2) is 36.5 Å². The minimum Gasteiger partial charge on any atom is -0.454 e. The van der Waals surface area contributed by atoms with Gasteiger partial charge in [0.15, 0.2) is 12.4 Å². The second-order valence-electron chi connectivity index (χ2n) is 22.5. The highest BCUT2D eigenvalue weighted by molar-refractivity contribution is 5.80. The molecule has 11 heteroatoms. The van der Waals surface area contributed by atoms with Crippen molar-refractivity contribution in [3.63, 3.8) is 0 Å². The standard InChI is InChI=1S/C65H121NO10/c1-4-7-10-13-16-19-22-25-26-27-28-29-30-31-32-33-35-37-40-43-46-49-52-58(69)64(73)66-56(57(68)51-48-45-42-39-36-24-21-18-15-12-9-6-3)55-74-65-63(62(72)61(71)59(54-67)75-65)76-60(70)53-50-47-44-41-38-34-23-20-17-14-11-8-5-2/h25-26,34,38,48,51,56-59,61-63,65,67-69,71-72H,4-24,27-33,35-37,39-47,49-50,52-55H2,1-3H3,(H,66,73)/b26-25+,38-34-,51-48+. The smallest absolute Gasteiger partial charge is 0.306 e. The van der Waals surface area contributed by atoms with Crippen LogP contribution in [0.4, 0.5) is 0 Å². The van der Waals surface area contributed by atoms with Crippen molar-refractivity contribution in [1.29, 1.82) is 0 Å². The number of nitrogens with one attached hydrogen (secondary N) is 1. The third-order valence-electron chi connectivity index (χ3n) is 15.3. The Bertz CT molecular complexity index is 1380. The van der Waals surface area contributed by atoms with Gasteiger partial charge in [-0.25, -0.2) is 0 Å². The molecule has 446 valence electrons. The first kappa shape index (κ1) is 71.9. The lowest BCUT2D eigenvalue weighted by Crippen LogP contribution is -2.61. The topological polar surface area (TPSA) is 175 Å². The summed E-state index contributed by atoms with van der Waals surface area (Å²) in [4.78, 5) is 26.5. The summed E-state index contributed by atoms with van der Waals surface area (Å²) < 4.78 is 17.6. The highest BCUT2D eigenvalue weighted by atomic mass is 16.7. The number of rotatable bonds is 55. The summed E-state index contributed by atoms with van der Waals surface area (Å²) in [6.45, 7) is 5.79. The van der Waals surface area contributed by atoms with Gasteiger partial charge in [0.2, 0.25) is 5.91 Å². The number of unbranched alkanes of at least 4 members (excludes halogenated alkanes) is 37. The minimum atomic E-state index is -1.62. The Balaban J connectivity index is 2.63. The molecule has 0 spiro atoms. The molecule has 11 nitrogen and oxygen atoms in total. The molecule has 8 atom stereocenters. The lowest BCUT2D eigenvalue weighted by Gasteiger charge is -2.41. The molecule has 0 radical (unpaired) electrons. The van der Waals surface area contributed by atoms with Crippen LogP contribution in [0.1, 0.15) is 303 Å². The highest BCUT2D eigenvalue weighted by Crippen LogP contribution is 2.26. The van der Waals surface area contributed by atoms with Gasteiger partial charge in [0.25, 0.3) is 0 Å². The Kier molecular flexibility index (Phi) is 50.6.